The minimum absolute atomic E-state index is 0.523. The predicted octanol–water partition coefficient (Wildman–Crippen LogP) is 4.92. The summed E-state index contributed by atoms with van der Waals surface area (Å²) < 4.78 is 5.84. The molecule has 0 bridgehead atoms. The quantitative estimate of drug-likeness (QED) is 0.684. The average Bonchev–Trinajstić information content (AvgIpc) is 2.37. The van der Waals surface area contributed by atoms with Gasteiger partial charge in [-0.2, -0.15) is 0 Å². The number of pyridine rings is 1. The second-order valence-corrected chi connectivity index (χ2v) is 5.17. The molecule has 20 heavy (non-hydrogen) atoms. The van der Waals surface area contributed by atoms with Gasteiger partial charge in [0.15, 0.2) is 0 Å². The normalized spacial score (nSPS) is 10.7. The maximum atomic E-state index is 5.96. The summed E-state index contributed by atoms with van der Waals surface area (Å²) in [4.78, 5) is 4.27. The van der Waals surface area contributed by atoms with Gasteiger partial charge in [-0.1, -0.05) is 23.2 Å². The molecular weight excluding hydrogens is 295 g/mol. The zero-order valence-electron chi connectivity index (χ0n) is 10.3. The highest BCUT2D eigenvalue weighted by Gasteiger charge is 2.06. The molecule has 2 N–H and O–H groups in total. The maximum Gasteiger partial charge on any atom is 0.138 e. The van der Waals surface area contributed by atoms with E-state index in [1.807, 2.05) is 12.1 Å². The van der Waals surface area contributed by atoms with E-state index in [1.54, 1.807) is 36.5 Å². The van der Waals surface area contributed by atoms with E-state index in [-0.39, 0.29) is 0 Å². The van der Waals surface area contributed by atoms with Crippen LogP contribution in [0.5, 0.6) is 11.5 Å². The van der Waals surface area contributed by atoms with Crippen LogP contribution in [0.1, 0.15) is 0 Å². The average molecular weight is 305 g/mol. The fraction of sp³-hybridized carbons (Fsp3) is 0. The molecule has 0 amide bonds. The van der Waals surface area contributed by atoms with Crippen LogP contribution in [0.15, 0.2) is 48.7 Å². The van der Waals surface area contributed by atoms with E-state index in [2.05, 4.69) is 4.98 Å². The first-order chi connectivity index (χ1) is 9.61. The van der Waals surface area contributed by atoms with Crippen molar-refractivity contribution in [3.05, 3.63) is 58.7 Å². The summed E-state index contributed by atoms with van der Waals surface area (Å²) in [5.41, 5.74) is 7.18. The molecule has 0 unspecified atom stereocenters. The van der Waals surface area contributed by atoms with Crippen LogP contribution in [0.3, 0.4) is 0 Å². The summed E-state index contributed by atoms with van der Waals surface area (Å²) in [5.74, 6) is 1.25. The van der Waals surface area contributed by atoms with E-state index in [4.69, 9.17) is 33.7 Å². The standard InChI is InChI=1S/C15H10Cl2N2O/c16-9-5-10(17)7-12(6-9)20-15-3-4-19-14-8-11(18)1-2-13(14)15/h1-8H,18H2. The number of anilines is 1. The molecule has 0 aliphatic rings. The first kappa shape index (κ1) is 13.0. The van der Waals surface area contributed by atoms with Crippen molar-refractivity contribution in [2.75, 3.05) is 5.73 Å². The predicted molar refractivity (Wildman–Crippen MR) is 82.7 cm³/mol. The molecule has 0 fully saturated rings. The number of ether oxygens (including phenoxy) is 1. The lowest BCUT2D eigenvalue weighted by molar-refractivity contribution is 0.488. The van der Waals surface area contributed by atoms with Gasteiger partial charge in [0.1, 0.15) is 11.5 Å². The van der Waals surface area contributed by atoms with E-state index in [9.17, 15) is 0 Å². The molecule has 0 aliphatic heterocycles. The topological polar surface area (TPSA) is 48.1 Å². The lowest BCUT2D eigenvalue weighted by Crippen LogP contribution is -1.90. The zero-order chi connectivity index (χ0) is 14.1. The van der Waals surface area contributed by atoms with Crippen LogP contribution in [0.4, 0.5) is 5.69 Å². The Morgan fingerprint density at radius 1 is 0.950 bits per heavy atom. The summed E-state index contributed by atoms with van der Waals surface area (Å²) in [6, 6.07) is 12.3. The SMILES string of the molecule is Nc1ccc2c(Oc3cc(Cl)cc(Cl)c3)ccnc2c1. The largest absolute Gasteiger partial charge is 0.456 e. The molecule has 2 aromatic carbocycles. The Balaban J connectivity index is 2.06. The molecule has 0 saturated carbocycles. The van der Waals surface area contributed by atoms with Gasteiger partial charge in [0.25, 0.3) is 0 Å². The van der Waals surface area contributed by atoms with Gasteiger partial charge in [0, 0.05) is 27.3 Å². The highest BCUT2D eigenvalue weighted by atomic mass is 35.5. The zero-order valence-corrected chi connectivity index (χ0v) is 11.8. The summed E-state index contributed by atoms with van der Waals surface area (Å²) in [7, 11) is 0. The first-order valence-corrected chi connectivity index (χ1v) is 6.65. The smallest absolute Gasteiger partial charge is 0.138 e. The lowest BCUT2D eigenvalue weighted by Gasteiger charge is -2.09. The number of benzene rings is 2. The van der Waals surface area contributed by atoms with Crippen molar-refractivity contribution in [2.45, 2.75) is 0 Å². The van der Waals surface area contributed by atoms with E-state index < -0.39 is 0 Å². The van der Waals surface area contributed by atoms with Crippen molar-refractivity contribution in [3.63, 3.8) is 0 Å². The van der Waals surface area contributed by atoms with Crippen LogP contribution in [0.2, 0.25) is 10.0 Å². The summed E-state index contributed by atoms with van der Waals surface area (Å²) >= 11 is 11.9. The number of rotatable bonds is 2. The van der Waals surface area contributed by atoms with Gasteiger partial charge in [0.05, 0.1) is 5.52 Å². The Kier molecular flexibility index (Phi) is 3.38. The Morgan fingerprint density at radius 3 is 2.45 bits per heavy atom. The van der Waals surface area contributed by atoms with Crippen molar-refractivity contribution in [1.29, 1.82) is 0 Å². The third-order valence-corrected chi connectivity index (χ3v) is 3.23. The maximum absolute atomic E-state index is 5.96. The highest BCUT2D eigenvalue weighted by molar-refractivity contribution is 6.34. The van der Waals surface area contributed by atoms with Gasteiger partial charge in [-0.15, -0.1) is 0 Å². The fourth-order valence-electron chi connectivity index (χ4n) is 1.94. The third kappa shape index (κ3) is 2.64. The lowest BCUT2D eigenvalue weighted by atomic mass is 10.2. The summed E-state index contributed by atoms with van der Waals surface area (Å²) in [6.45, 7) is 0. The number of nitrogen functional groups attached to an aromatic ring is 1. The first-order valence-electron chi connectivity index (χ1n) is 5.90. The Morgan fingerprint density at radius 2 is 1.70 bits per heavy atom. The van der Waals surface area contributed by atoms with E-state index in [0.717, 1.165) is 10.9 Å². The molecular formula is C15H10Cl2N2O. The van der Waals surface area contributed by atoms with Gasteiger partial charge in [-0.25, -0.2) is 0 Å². The molecule has 3 aromatic rings. The monoisotopic (exact) mass is 304 g/mol. The molecule has 0 saturated heterocycles. The number of hydrogen-bond donors (Lipinski definition) is 1. The van der Waals surface area contributed by atoms with Gasteiger partial charge in [-0.3, -0.25) is 4.98 Å². The van der Waals surface area contributed by atoms with Crippen LogP contribution in [0.25, 0.3) is 10.9 Å². The molecule has 100 valence electrons. The van der Waals surface area contributed by atoms with Crippen molar-refractivity contribution in [2.24, 2.45) is 0 Å². The van der Waals surface area contributed by atoms with E-state index >= 15 is 0 Å². The number of nitrogens with two attached hydrogens (primary N) is 1. The summed E-state index contributed by atoms with van der Waals surface area (Å²) in [5, 5.41) is 1.92. The van der Waals surface area contributed by atoms with E-state index in [0.29, 0.717) is 27.2 Å². The number of aromatic nitrogens is 1. The van der Waals surface area contributed by atoms with Gasteiger partial charge < -0.3 is 10.5 Å². The van der Waals surface area contributed by atoms with Crippen LogP contribution < -0.4 is 10.5 Å². The van der Waals surface area contributed by atoms with E-state index in [1.165, 1.54) is 0 Å². The minimum Gasteiger partial charge on any atom is -0.456 e. The van der Waals surface area contributed by atoms with Crippen molar-refractivity contribution in [1.82, 2.24) is 4.98 Å². The van der Waals surface area contributed by atoms with Crippen molar-refractivity contribution < 1.29 is 4.74 Å². The molecule has 0 atom stereocenters. The molecule has 0 spiro atoms. The second kappa shape index (κ2) is 5.19. The van der Waals surface area contributed by atoms with Crippen molar-refractivity contribution >= 4 is 39.8 Å². The van der Waals surface area contributed by atoms with Crippen LogP contribution in [-0.4, -0.2) is 4.98 Å². The van der Waals surface area contributed by atoms with Crippen LogP contribution >= 0.6 is 23.2 Å². The molecule has 0 aliphatic carbocycles. The summed E-state index contributed by atoms with van der Waals surface area (Å²) in [6.07, 6.45) is 1.67. The van der Waals surface area contributed by atoms with Gasteiger partial charge in [0.2, 0.25) is 0 Å². The molecule has 3 rings (SSSR count). The Bertz CT molecular complexity index is 770. The molecule has 3 nitrogen and oxygen atoms in total. The Hall–Kier alpha value is -1.97. The van der Waals surface area contributed by atoms with Crippen molar-refractivity contribution in [3.8, 4) is 11.5 Å². The molecule has 1 aromatic heterocycles. The number of halogens is 2. The molecule has 1 heterocycles. The second-order valence-electron chi connectivity index (χ2n) is 4.29. The van der Waals surface area contributed by atoms with Gasteiger partial charge in [-0.05, 0) is 42.5 Å². The fourth-order valence-corrected chi connectivity index (χ4v) is 2.45. The Labute approximate surface area is 125 Å². The number of hydrogen-bond acceptors (Lipinski definition) is 3. The molecule has 0 radical (unpaired) electrons. The van der Waals surface area contributed by atoms with Crippen LogP contribution in [-0.2, 0) is 0 Å². The number of fused-ring (bicyclic) bond motifs is 1. The number of nitrogens with zero attached hydrogens (tertiary/aromatic N) is 1. The highest BCUT2D eigenvalue weighted by Crippen LogP contribution is 2.32. The van der Waals surface area contributed by atoms with Gasteiger partial charge >= 0.3 is 0 Å². The minimum atomic E-state index is 0.523. The van der Waals surface area contributed by atoms with Crippen LogP contribution in [0, 0.1) is 0 Å². The molecule has 5 heteroatoms. The third-order valence-electron chi connectivity index (χ3n) is 2.79.